The van der Waals surface area contributed by atoms with E-state index in [2.05, 4.69) is 0 Å². The maximum Gasteiger partial charge on any atom is 0.269 e. The molecule has 0 spiro atoms. The molecule has 0 bridgehead atoms. The molecule has 1 heterocycles. The number of amides is 1. The van der Waals surface area contributed by atoms with Crippen LogP contribution in [0.25, 0.3) is 0 Å². The molecule has 1 aliphatic heterocycles. The molecule has 5 nitrogen and oxygen atoms in total. The van der Waals surface area contributed by atoms with Crippen LogP contribution in [0, 0.1) is 22.9 Å². The minimum Gasteiger partial charge on any atom is -0.295 e. The zero-order valence-corrected chi connectivity index (χ0v) is 13.0. The second-order valence-corrected chi connectivity index (χ2v) is 6.28. The summed E-state index contributed by atoms with van der Waals surface area (Å²) in [4.78, 5) is 24.1. The van der Waals surface area contributed by atoms with Gasteiger partial charge in [-0.25, -0.2) is 4.39 Å². The molecular weight excluding hydrogens is 319 g/mol. The number of nitrogens with zero attached hydrogens (tertiary/aromatic N) is 2. The molecule has 1 aliphatic rings. The molecule has 2 aromatic carbocycles. The van der Waals surface area contributed by atoms with Gasteiger partial charge in [0, 0.05) is 12.1 Å². The van der Waals surface area contributed by atoms with Crippen molar-refractivity contribution in [2.45, 2.75) is 12.3 Å². The smallest absolute Gasteiger partial charge is 0.269 e. The molecule has 0 radical (unpaired) electrons. The maximum absolute atomic E-state index is 13.6. The third-order valence-corrected chi connectivity index (χ3v) is 4.90. The zero-order valence-electron chi connectivity index (χ0n) is 12.2. The molecule has 1 atom stereocenters. The Morgan fingerprint density at radius 1 is 1.26 bits per heavy atom. The average Bonchev–Trinajstić information content (AvgIpc) is 2.91. The average molecular weight is 332 g/mol. The molecule has 1 amide bonds. The number of anilines is 1. The number of halogens is 1. The van der Waals surface area contributed by atoms with Crippen molar-refractivity contribution in [1.29, 1.82) is 0 Å². The van der Waals surface area contributed by atoms with Crippen molar-refractivity contribution in [3.05, 3.63) is 69.5 Å². The third-order valence-electron chi connectivity index (χ3n) is 3.69. The summed E-state index contributed by atoms with van der Waals surface area (Å²) >= 11 is 1.42. The summed E-state index contributed by atoms with van der Waals surface area (Å²) in [6, 6.07) is 10.4. The normalized spacial score (nSPS) is 17.6. The van der Waals surface area contributed by atoms with Crippen molar-refractivity contribution >= 4 is 29.0 Å². The minimum atomic E-state index is -0.467. The van der Waals surface area contributed by atoms with E-state index in [1.165, 1.54) is 36.0 Å². The van der Waals surface area contributed by atoms with E-state index in [0.29, 0.717) is 5.69 Å². The molecule has 3 rings (SSSR count). The monoisotopic (exact) mass is 332 g/mol. The van der Waals surface area contributed by atoms with E-state index in [1.807, 2.05) is 6.92 Å². The Hall–Kier alpha value is -2.41. The number of carbonyl (C=O) groups excluding carboxylic acids is 1. The van der Waals surface area contributed by atoms with Gasteiger partial charge in [0.05, 0.1) is 16.4 Å². The summed E-state index contributed by atoms with van der Waals surface area (Å²) < 4.78 is 13.6. The highest BCUT2D eigenvalue weighted by molar-refractivity contribution is 8.00. The highest BCUT2D eigenvalue weighted by atomic mass is 32.2. The first-order chi connectivity index (χ1) is 11.0. The van der Waals surface area contributed by atoms with Crippen molar-refractivity contribution < 1.29 is 14.1 Å². The van der Waals surface area contributed by atoms with Crippen molar-refractivity contribution in [3.8, 4) is 0 Å². The van der Waals surface area contributed by atoms with E-state index in [-0.39, 0.29) is 22.7 Å². The molecule has 1 fully saturated rings. The Labute approximate surface area is 136 Å². The van der Waals surface area contributed by atoms with Gasteiger partial charge < -0.3 is 0 Å². The van der Waals surface area contributed by atoms with Crippen LogP contribution in [0.3, 0.4) is 0 Å². The first-order valence-corrected chi connectivity index (χ1v) is 7.96. The summed E-state index contributed by atoms with van der Waals surface area (Å²) in [5.74, 6) is -0.220. The van der Waals surface area contributed by atoms with Crippen molar-refractivity contribution in [2.75, 3.05) is 10.7 Å². The van der Waals surface area contributed by atoms with E-state index in [0.717, 1.165) is 11.1 Å². The first-order valence-electron chi connectivity index (χ1n) is 6.91. The van der Waals surface area contributed by atoms with Gasteiger partial charge in [-0.3, -0.25) is 19.8 Å². The quantitative estimate of drug-likeness (QED) is 0.633. The second-order valence-electron chi connectivity index (χ2n) is 5.21. The minimum absolute atomic E-state index is 0.00319. The number of nitro groups is 1. The molecule has 0 N–H and O–H groups in total. The molecule has 118 valence electrons. The lowest BCUT2D eigenvalue weighted by Crippen LogP contribution is -2.28. The van der Waals surface area contributed by atoms with Gasteiger partial charge in [0.15, 0.2) is 0 Å². The van der Waals surface area contributed by atoms with Gasteiger partial charge in [0.1, 0.15) is 11.2 Å². The number of hydrogen-bond donors (Lipinski definition) is 0. The number of benzene rings is 2. The Morgan fingerprint density at radius 3 is 2.61 bits per heavy atom. The number of carbonyl (C=O) groups is 1. The summed E-state index contributed by atoms with van der Waals surface area (Å²) in [5.41, 5.74) is 2.10. The number of hydrogen-bond acceptors (Lipinski definition) is 4. The summed E-state index contributed by atoms with van der Waals surface area (Å²) in [6.07, 6.45) is 0. The molecule has 1 unspecified atom stereocenters. The van der Waals surface area contributed by atoms with Gasteiger partial charge in [-0.2, -0.15) is 0 Å². The lowest BCUT2D eigenvalue weighted by atomic mass is 10.1. The fourth-order valence-electron chi connectivity index (χ4n) is 2.53. The lowest BCUT2D eigenvalue weighted by molar-refractivity contribution is -0.384. The van der Waals surface area contributed by atoms with Gasteiger partial charge in [-0.15, -0.1) is 11.8 Å². The van der Waals surface area contributed by atoms with Gasteiger partial charge in [0.25, 0.3) is 5.69 Å². The molecule has 0 aromatic heterocycles. The van der Waals surface area contributed by atoms with E-state index < -0.39 is 10.7 Å². The Morgan fingerprint density at radius 2 is 1.96 bits per heavy atom. The summed E-state index contributed by atoms with van der Waals surface area (Å²) in [7, 11) is 0. The Bertz CT molecular complexity index is 779. The van der Waals surface area contributed by atoms with Crippen LogP contribution in [0.15, 0.2) is 42.5 Å². The summed E-state index contributed by atoms with van der Waals surface area (Å²) in [6.45, 7) is 1.82. The van der Waals surface area contributed by atoms with Crippen molar-refractivity contribution in [1.82, 2.24) is 0 Å². The largest absolute Gasteiger partial charge is 0.295 e. The number of nitro benzene ring substituents is 1. The predicted octanol–water partition coefficient (Wildman–Crippen LogP) is 3.82. The van der Waals surface area contributed by atoms with E-state index in [4.69, 9.17) is 0 Å². The Kier molecular flexibility index (Phi) is 4.04. The van der Waals surface area contributed by atoms with Crippen LogP contribution >= 0.6 is 11.8 Å². The highest BCUT2D eigenvalue weighted by Crippen LogP contribution is 2.43. The lowest BCUT2D eigenvalue weighted by Gasteiger charge is -2.25. The molecule has 2 aromatic rings. The van der Waals surface area contributed by atoms with Crippen LogP contribution < -0.4 is 4.90 Å². The van der Waals surface area contributed by atoms with Crippen LogP contribution in [0.4, 0.5) is 15.8 Å². The highest BCUT2D eigenvalue weighted by Gasteiger charge is 2.35. The van der Waals surface area contributed by atoms with Crippen LogP contribution in [-0.4, -0.2) is 16.6 Å². The van der Waals surface area contributed by atoms with Crippen molar-refractivity contribution in [2.24, 2.45) is 0 Å². The topological polar surface area (TPSA) is 63.5 Å². The maximum atomic E-state index is 13.6. The SMILES string of the molecule is Cc1ccc(F)cc1N1C(=O)CSC1c1ccc([N+](=O)[O-])cc1. The fourth-order valence-corrected chi connectivity index (χ4v) is 3.70. The number of non-ortho nitro benzene ring substituents is 1. The molecule has 1 saturated heterocycles. The third kappa shape index (κ3) is 2.92. The fraction of sp³-hybridized carbons (Fsp3) is 0.188. The van der Waals surface area contributed by atoms with Crippen molar-refractivity contribution in [3.63, 3.8) is 0 Å². The van der Waals surface area contributed by atoms with Crippen LogP contribution in [0.2, 0.25) is 0 Å². The van der Waals surface area contributed by atoms with E-state index in [9.17, 15) is 19.3 Å². The number of thioether (sulfide) groups is 1. The van der Waals surface area contributed by atoms with Crippen LogP contribution in [0.1, 0.15) is 16.5 Å². The van der Waals surface area contributed by atoms with Crippen LogP contribution in [-0.2, 0) is 4.79 Å². The van der Waals surface area contributed by atoms with Gasteiger partial charge in [-0.1, -0.05) is 6.07 Å². The first kappa shape index (κ1) is 15.5. The predicted molar refractivity (Wildman–Crippen MR) is 86.9 cm³/mol. The zero-order chi connectivity index (χ0) is 16.6. The second kappa shape index (κ2) is 6.00. The van der Waals surface area contributed by atoms with Gasteiger partial charge in [-0.05, 0) is 42.3 Å². The molecule has 0 saturated carbocycles. The molecular formula is C16H13FN2O3S. The number of rotatable bonds is 3. The standard InChI is InChI=1S/C16H13FN2O3S/c1-10-2-5-12(17)8-14(10)18-15(20)9-23-16(18)11-3-6-13(7-4-11)19(21)22/h2-8,16H,9H2,1H3. The van der Waals surface area contributed by atoms with E-state index >= 15 is 0 Å². The van der Waals surface area contributed by atoms with Crippen LogP contribution in [0.5, 0.6) is 0 Å². The molecule has 23 heavy (non-hydrogen) atoms. The van der Waals surface area contributed by atoms with Gasteiger partial charge >= 0.3 is 0 Å². The Balaban J connectivity index is 1.99. The molecule has 7 heteroatoms. The summed E-state index contributed by atoms with van der Waals surface area (Å²) in [5, 5.41) is 10.4. The van der Waals surface area contributed by atoms with Gasteiger partial charge in [0.2, 0.25) is 5.91 Å². The van der Waals surface area contributed by atoms with E-state index in [1.54, 1.807) is 23.1 Å². The number of aryl methyl sites for hydroxylation is 1. The molecule has 0 aliphatic carbocycles.